The highest BCUT2D eigenvalue weighted by Crippen LogP contribution is 2.17. The van der Waals surface area contributed by atoms with E-state index in [-0.39, 0.29) is 12.2 Å². The summed E-state index contributed by atoms with van der Waals surface area (Å²) in [6, 6.07) is 16.2. The number of anilines is 1. The fourth-order valence-electron chi connectivity index (χ4n) is 3.49. The molecule has 0 radical (unpaired) electrons. The minimum Gasteiger partial charge on any atom is -0.497 e. The summed E-state index contributed by atoms with van der Waals surface area (Å²) in [4.78, 5) is 6.87. The molecule has 2 aromatic carbocycles. The number of hydrogen-bond acceptors (Lipinski definition) is 4. The number of nitrogens with two attached hydrogens (primary N) is 1. The number of methoxy groups -OCH3 is 1. The molecule has 0 spiro atoms. The molecule has 1 fully saturated rings. The molecule has 1 heterocycles. The van der Waals surface area contributed by atoms with Crippen molar-refractivity contribution >= 4 is 11.6 Å². The molecule has 2 aromatic rings. The first-order valence-corrected chi connectivity index (χ1v) is 9.68. The van der Waals surface area contributed by atoms with Gasteiger partial charge in [-0.15, -0.1) is 0 Å². The van der Waals surface area contributed by atoms with E-state index in [9.17, 15) is 0 Å². The molecule has 28 heavy (non-hydrogen) atoms. The monoisotopic (exact) mass is 382 g/mol. The van der Waals surface area contributed by atoms with Gasteiger partial charge in [-0.1, -0.05) is 30.3 Å². The lowest BCUT2D eigenvalue weighted by Gasteiger charge is -2.35. The normalized spacial score (nSPS) is 20.8. The Kier molecular flexibility index (Phi) is 6.90. The topological polar surface area (TPSA) is 72.1 Å². The number of rotatable bonds is 6. The molecule has 1 aliphatic rings. The lowest BCUT2D eigenvalue weighted by molar-refractivity contribution is -0.0704. The van der Waals surface area contributed by atoms with Gasteiger partial charge in [0, 0.05) is 31.4 Å². The van der Waals surface area contributed by atoms with Crippen LogP contribution < -0.4 is 15.8 Å². The maximum atomic E-state index is 6.00. The molecule has 6 heteroatoms. The fourth-order valence-corrected chi connectivity index (χ4v) is 3.49. The van der Waals surface area contributed by atoms with E-state index >= 15 is 0 Å². The van der Waals surface area contributed by atoms with Crippen molar-refractivity contribution in [3.8, 4) is 5.75 Å². The summed E-state index contributed by atoms with van der Waals surface area (Å²) in [6.07, 6.45) is 0.579. The number of ether oxygens (including phenoxy) is 2. The first-order chi connectivity index (χ1) is 13.5. The number of guanidine groups is 1. The van der Waals surface area contributed by atoms with Crippen molar-refractivity contribution in [2.24, 2.45) is 10.7 Å². The van der Waals surface area contributed by atoms with Gasteiger partial charge < -0.3 is 20.5 Å². The zero-order valence-corrected chi connectivity index (χ0v) is 16.9. The van der Waals surface area contributed by atoms with Gasteiger partial charge in [0.05, 0.1) is 25.9 Å². The molecule has 0 amide bonds. The molecule has 0 saturated carbocycles. The van der Waals surface area contributed by atoms with Gasteiger partial charge in [0.1, 0.15) is 5.75 Å². The van der Waals surface area contributed by atoms with Gasteiger partial charge in [0.2, 0.25) is 0 Å². The van der Waals surface area contributed by atoms with E-state index in [1.807, 2.05) is 24.3 Å². The van der Waals surface area contributed by atoms with E-state index in [1.54, 1.807) is 7.11 Å². The second-order valence-corrected chi connectivity index (χ2v) is 7.33. The highest BCUT2D eigenvalue weighted by Gasteiger charge is 2.21. The first-order valence-electron chi connectivity index (χ1n) is 9.68. The van der Waals surface area contributed by atoms with Gasteiger partial charge >= 0.3 is 0 Å². The Labute approximate surface area is 167 Å². The van der Waals surface area contributed by atoms with Crippen molar-refractivity contribution in [2.45, 2.75) is 39.1 Å². The van der Waals surface area contributed by atoms with E-state index in [1.165, 1.54) is 5.56 Å². The lowest BCUT2D eigenvalue weighted by Crippen LogP contribution is -2.44. The molecule has 6 nitrogen and oxygen atoms in total. The third kappa shape index (κ3) is 5.97. The maximum absolute atomic E-state index is 6.00. The van der Waals surface area contributed by atoms with Crippen molar-refractivity contribution in [1.82, 2.24) is 4.90 Å². The van der Waals surface area contributed by atoms with E-state index in [0.717, 1.165) is 36.6 Å². The molecule has 1 saturated heterocycles. The number of morpholine rings is 1. The third-order valence-electron chi connectivity index (χ3n) is 4.70. The molecular formula is C22H30N4O2. The number of benzene rings is 2. The van der Waals surface area contributed by atoms with Crippen LogP contribution in [0.2, 0.25) is 0 Å². The van der Waals surface area contributed by atoms with Gasteiger partial charge in [-0.05, 0) is 37.1 Å². The van der Waals surface area contributed by atoms with Crippen LogP contribution in [-0.2, 0) is 17.8 Å². The van der Waals surface area contributed by atoms with Crippen LogP contribution in [0.15, 0.2) is 53.5 Å². The van der Waals surface area contributed by atoms with Crippen LogP contribution in [0.4, 0.5) is 5.69 Å². The first kappa shape index (κ1) is 20.2. The Bertz CT molecular complexity index is 781. The molecule has 0 aromatic heterocycles. The molecule has 150 valence electrons. The largest absolute Gasteiger partial charge is 0.497 e. The number of nitrogens with zero attached hydrogens (tertiary/aromatic N) is 2. The second-order valence-electron chi connectivity index (χ2n) is 7.33. The van der Waals surface area contributed by atoms with Gasteiger partial charge in [-0.3, -0.25) is 4.90 Å². The van der Waals surface area contributed by atoms with Crippen LogP contribution >= 0.6 is 0 Å². The van der Waals surface area contributed by atoms with Crippen molar-refractivity contribution < 1.29 is 9.47 Å². The van der Waals surface area contributed by atoms with Crippen LogP contribution in [0.5, 0.6) is 5.75 Å². The van der Waals surface area contributed by atoms with Crippen molar-refractivity contribution in [2.75, 3.05) is 25.5 Å². The predicted octanol–water partition coefficient (Wildman–Crippen LogP) is 3.23. The number of hydrogen-bond donors (Lipinski definition) is 2. The summed E-state index contributed by atoms with van der Waals surface area (Å²) in [5, 5.41) is 3.09. The van der Waals surface area contributed by atoms with Gasteiger partial charge in [0.25, 0.3) is 0 Å². The van der Waals surface area contributed by atoms with Gasteiger partial charge in [-0.25, -0.2) is 4.99 Å². The Balaban J connectivity index is 1.52. The zero-order valence-electron chi connectivity index (χ0n) is 16.9. The average molecular weight is 383 g/mol. The van der Waals surface area contributed by atoms with Gasteiger partial charge in [0.15, 0.2) is 5.96 Å². The zero-order chi connectivity index (χ0) is 19.9. The van der Waals surface area contributed by atoms with Crippen LogP contribution in [0, 0.1) is 0 Å². The van der Waals surface area contributed by atoms with Crippen molar-refractivity contribution in [3.63, 3.8) is 0 Å². The maximum Gasteiger partial charge on any atom is 0.193 e. The molecular weight excluding hydrogens is 352 g/mol. The Hall–Kier alpha value is -2.57. The minimum atomic E-state index is 0.289. The highest BCUT2D eigenvalue weighted by molar-refractivity contribution is 5.92. The number of nitrogens with one attached hydrogen (secondary N) is 1. The Morgan fingerprint density at radius 1 is 1.14 bits per heavy atom. The Morgan fingerprint density at radius 2 is 1.82 bits per heavy atom. The summed E-state index contributed by atoms with van der Waals surface area (Å²) in [7, 11) is 1.64. The van der Waals surface area contributed by atoms with Crippen molar-refractivity contribution in [3.05, 3.63) is 59.7 Å². The van der Waals surface area contributed by atoms with Crippen LogP contribution in [0.25, 0.3) is 0 Å². The summed E-state index contributed by atoms with van der Waals surface area (Å²) in [6.45, 7) is 7.70. The smallest absolute Gasteiger partial charge is 0.193 e. The Morgan fingerprint density at radius 3 is 2.50 bits per heavy atom. The van der Waals surface area contributed by atoms with E-state index < -0.39 is 0 Å². The van der Waals surface area contributed by atoms with Gasteiger partial charge in [-0.2, -0.15) is 0 Å². The summed E-state index contributed by atoms with van der Waals surface area (Å²) < 4.78 is 11.0. The van der Waals surface area contributed by atoms with E-state index in [2.05, 4.69) is 53.3 Å². The molecule has 0 bridgehead atoms. The van der Waals surface area contributed by atoms with Crippen molar-refractivity contribution in [1.29, 1.82) is 0 Å². The second kappa shape index (κ2) is 9.57. The lowest BCUT2D eigenvalue weighted by atomic mass is 10.1. The molecule has 3 N–H and O–H groups in total. The standard InChI is InChI=1S/C22H30N4O2/c1-16-13-26(14-17(2)28-16)15-19-9-7-18(8-10-19)12-24-22(23)25-20-5-4-6-21(11-20)27-3/h4-11,16-17H,12-15H2,1-3H3,(H3,23,24,25). The average Bonchev–Trinajstić information content (AvgIpc) is 2.67. The molecule has 2 atom stereocenters. The minimum absolute atomic E-state index is 0.289. The van der Waals surface area contributed by atoms with E-state index in [0.29, 0.717) is 12.5 Å². The fraction of sp³-hybridized carbons (Fsp3) is 0.409. The summed E-state index contributed by atoms with van der Waals surface area (Å²) in [5.41, 5.74) is 9.29. The van der Waals surface area contributed by atoms with E-state index in [4.69, 9.17) is 15.2 Å². The summed E-state index contributed by atoms with van der Waals surface area (Å²) >= 11 is 0. The third-order valence-corrected chi connectivity index (χ3v) is 4.70. The highest BCUT2D eigenvalue weighted by atomic mass is 16.5. The molecule has 3 rings (SSSR count). The van der Waals surface area contributed by atoms with Crippen LogP contribution in [0.3, 0.4) is 0 Å². The van der Waals surface area contributed by atoms with Crippen LogP contribution in [-0.4, -0.2) is 43.3 Å². The quantitative estimate of drug-likeness (QED) is 0.593. The molecule has 0 aliphatic carbocycles. The predicted molar refractivity (Wildman–Crippen MR) is 114 cm³/mol. The summed E-state index contributed by atoms with van der Waals surface area (Å²) in [5.74, 6) is 1.16. The molecule has 1 aliphatic heterocycles. The van der Waals surface area contributed by atoms with Crippen LogP contribution in [0.1, 0.15) is 25.0 Å². The molecule has 2 unspecified atom stereocenters. The number of aliphatic imine (C=N–C) groups is 1. The SMILES string of the molecule is COc1cccc(NC(N)=NCc2ccc(CN3CC(C)OC(C)C3)cc2)c1.